The Morgan fingerprint density at radius 3 is 2.62 bits per heavy atom. The molecule has 7 nitrogen and oxygen atoms in total. The van der Waals surface area contributed by atoms with Crippen molar-refractivity contribution >= 4 is 24.0 Å². The number of carbonyl (C=O) groups excluding carboxylic acids is 1. The maximum absolute atomic E-state index is 13.0. The second kappa shape index (κ2) is 9.51. The third-order valence-electron chi connectivity index (χ3n) is 3.37. The van der Waals surface area contributed by atoms with Gasteiger partial charge in [0.2, 0.25) is 11.8 Å². The molecule has 0 aliphatic heterocycles. The minimum absolute atomic E-state index is 0. The standard InChI is InChI=1S/C15H18F3N5O2.ClH/c1-2-23(8-12-21-14(7-19)25-22-12)9-13(24)20-11-6-4-3-5-10(11)15(16,17)18;/h3-6H,2,7-9,19H2,1H3,(H,20,24);1H. The molecule has 0 radical (unpaired) electrons. The van der Waals surface area contributed by atoms with Crippen LogP contribution in [0.4, 0.5) is 18.9 Å². The van der Waals surface area contributed by atoms with Crippen molar-refractivity contribution in [3.63, 3.8) is 0 Å². The molecule has 1 amide bonds. The number of nitrogens with one attached hydrogen (secondary N) is 1. The number of benzene rings is 1. The van der Waals surface area contributed by atoms with E-state index in [1.54, 1.807) is 11.8 Å². The first kappa shape index (κ1) is 21.9. The Balaban J connectivity index is 0.00000338. The van der Waals surface area contributed by atoms with Gasteiger partial charge in [0.05, 0.1) is 30.9 Å². The van der Waals surface area contributed by atoms with Crippen LogP contribution in [0.15, 0.2) is 28.8 Å². The molecule has 0 bridgehead atoms. The lowest BCUT2D eigenvalue weighted by Crippen LogP contribution is -2.33. The lowest BCUT2D eigenvalue weighted by Gasteiger charge is -2.19. The van der Waals surface area contributed by atoms with E-state index in [0.29, 0.717) is 12.4 Å². The fraction of sp³-hybridized carbons (Fsp3) is 0.400. The monoisotopic (exact) mass is 393 g/mol. The molecule has 0 saturated carbocycles. The van der Waals surface area contributed by atoms with Gasteiger partial charge in [0.1, 0.15) is 0 Å². The summed E-state index contributed by atoms with van der Waals surface area (Å²) in [6.45, 7) is 2.49. The maximum atomic E-state index is 13.0. The molecular weight excluding hydrogens is 375 g/mol. The number of rotatable bonds is 7. The number of nitrogens with two attached hydrogens (primary N) is 1. The molecule has 11 heteroatoms. The zero-order valence-electron chi connectivity index (χ0n) is 13.9. The zero-order valence-corrected chi connectivity index (χ0v) is 14.7. The Labute approximate surface area is 154 Å². The number of amides is 1. The van der Waals surface area contributed by atoms with E-state index in [4.69, 9.17) is 10.3 Å². The van der Waals surface area contributed by atoms with Crippen LogP contribution < -0.4 is 11.1 Å². The summed E-state index contributed by atoms with van der Waals surface area (Å²) in [5.41, 5.74) is 4.21. The highest BCUT2D eigenvalue weighted by Crippen LogP contribution is 2.34. The van der Waals surface area contributed by atoms with Crippen molar-refractivity contribution in [2.45, 2.75) is 26.2 Å². The van der Waals surface area contributed by atoms with Crippen LogP contribution in [0.1, 0.15) is 24.2 Å². The molecule has 0 fully saturated rings. The first-order valence-corrected chi connectivity index (χ1v) is 7.53. The number of nitrogens with zero attached hydrogens (tertiary/aromatic N) is 3. The molecule has 1 aromatic heterocycles. The van der Waals surface area contributed by atoms with Gasteiger partial charge in [-0.25, -0.2) is 0 Å². The fourth-order valence-corrected chi connectivity index (χ4v) is 2.15. The molecule has 1 aromatic carbocycles. The smallest absolute Gasteiger partial charge is 0.338 e. The first-order valence-electron chi connectivity index (χ1n) is 7.53. The van der Waals surface area contributed by atoms with Crippen LogP contribution >= 0.6 is 12.4 Å². The molecule has 0 saturated heterocycles. The van der Waals surface area contributed by atoms with Gasteiger partial charge in [0.25, 0.3) is 0 Å². The fourth-order valence-electron chi connectivity index (χ4n) is 2.15. The van der Waals surface area contributed by atoms with Crippen LogP contribution in [0, 0.1) is 0 Å². The van der Waals surface area contributed by atoms with Crippen molar-refractivity contribution in [3.8, 4) is 0 Å². The average molecular weight is 394 g/mol. The molecule has 0 aliphatic rings. The van der Waals surface area contributed by atoms with E-state index in [2.05, 4.69) is 15.5 Å². The Morgan fingerprint density at radius 2 is 2.04 bits per heavy atom. The second-order valence-corrected chi connectivity index (χ2v) is 5.20. The maximum Gasteiger partial charge on any atom is 0.418 e. The summed E-state index contributed by atoms with van der Waals surface area (Å²) in [6.07, 6.45) is -4.54. The molecule has 144 valence electrons. The van der Waals surface area contributed by atoms with Gasteiger partial charge in [-0.3, -0.25) is 9.69 Å². The van der Waals surface area contributed by atoms with Crippen molar-refractivity contribution < 1.29 is 22.5 Å². The molecule has 26 heavy (non-hydrogen) atoms. The summed E-state index contributed by atoms with van der Waals surface area (Å²) in [5.74, 6) is 0.0569. The van der Waals surface area contributed by atoms with Gasteiger partial charge in [-0.2, -0.15) is 18.2 Å². The van der Waals surface area contributed by atoms with Gasteiger partial charge in [-0.1, -0.05) is 24.2 Å². The highest BCUT2D eigenvalue weighted by atomic mass is 35.5. The summed E-state index contributed by atoms with van der Waals surface area (Å²) in [4.78, 5) is 17.8. The summed E-state index contributed by atoms with van der Waals surface area (Å²) in [7, 11) is 0. The summed E-state index contributed by atoms with van der Waals surface area (Å²) < 4.78 is 43.7. The first-order chi connectivity index (χ1) is 11.8. The molecule has 0 aliphatic carbocycles. The van der Waals surface area contributed by atoms with Crippen molar-refractivity contribution in [1.29, 1.82) is 0 Å². The van der Waals surface area contributed by atoms with Gasteiger partial charge in [-0.05, 0) is 18.7 Å². The predicted octanol–water partition coefficient (Wildman–Crippen LogP) is 2.43. The number of alkyl halides is 3. The number of likely N-dealkylation sites (N-methyl/N-ethyl adjacent to an activating group) is 1. The minimum Gasteiger partial charge on any atom is -0.338 e. The Morgan fingerprint density at radius 1 is 1.35 bits per heavy atom. The van der Waals surface area contributed by atoms with E-state index in [1.807, 2.05) is 0 Å². The Bertz CT molecular complexity index is 723. The van der Waals surface area contributed by atoms with Gasteiger partial charge in [0.15, 0.2) is 5.82 Å². The predicted molar refractivity (Wildman–Crippen MR) is 90.5 cm³/mol. The quantitative estimate of drug-likeness (QED) is 0.749. The SMILES string of the molecule is CCN(CC(=O)Nc1ccccc1C(F)(F)F)Cc1noc(CN)n1.Cl. The second-order valence-electron chi connectivity index (χ2n) is 5.20. The lowest BCUT2D eigenvalue weighted by atomic mass is 10.1. The van der Waals surface area contributed by atoms with Gasteiger partial charge in [-0.15, -0.1) is 12.4 Å². The molecule has 0 spiro atoms. The molecule has 2 aromatic rings. The van der Waals surface area contributed by atoms with E-state index in [0.717, 1.165) is 6.07 Å². The van der Waals surface area contributed by atoms with Gasteiger partial charge < -0.3 is 15.6 Å². The molecule has 3 N–H and O–H groups in total. The molecule has 1 heterocycles. The van der Waals surface area contributed by atoms with E-state index in [1.165, 1.54) is 18.2 Å². The van der Waals surface area contributed by atoms with Crippen molar-refractivity contribution in [2.75, 3.05) is 18.4 Å². The van der Waals surface area contributed by atoms with Crippen molar-refractivity contribution in [3.05, 3.63) is 41.5 Å². The number of hydrogen-bond donors (Lipinski definition) is 2. The number of halogens is 4. The van der Waals surface area contributed by atoms with E-state index in [-0.39, 0.29) is 43.6 Å². The highest BCUT2D eigenvalue weighted by Gasteiger charge is 2.33. The van der Waals surface area contributed by atoms with Crippen LogP contribution in [-0.2, 0) is 24.1 Å². The minimum atomic E-state index is -4.54. The van der Waals surface area contributed by atoms with Gasteiger partial charge >= 0.3 is 6.18 Å². The summed E-state index contributed by atoms with van der Waals surface area (Å²) in [5, 5.41) is 6.02. The van der Waals surface area contributed by atoms with Gasteiger partial charge in [0, 0.05) is 0 Å². The van der Waals surface area contributed by atoms with Crippen LogP contribution in [0.2, 0.25) is 0 Å². The van der Waals surface area contributed by atoms with Crippen molar-refractivity contribution in [1.82, 2.24) is 15.0 Å². The largest absolute Gasteiger partial charge is 0.418 e. The summed E-state index contributed by atoms with van der Waals surface area (Å²) in [6, 6.07) is 4.82. The third kappa shape index (κ3) is 5.97. The van der Waals surface area contributed by atoms with E-state index >= 15 is 0 Å². The zero-order chi connectivity index (χ0) is 18.4. The average Bonchev–Trinajstić information content (AvgIpc) is 3.01. The third-order valence-corrected chi connectivity index (χ3v) is 3.37. The van der Waals surface area contributed by atoms with Crippen LogP contribution in [-0.4, -0.2) is 34.0 Å². The summed E-state index contributed by atoms with van der Waals surface area (Å²) >= 11 is 0. The van der Waals surface area contributed by atoms with E-state index < -0.39 is 17.6 Å². The lowest BCUT2D eigenvalue weighted by molar-refractivity contribution is -0.137. The number of para-hydroxylation sites is 1. The number of anilines is 1. The molecule has 0 atom stereocenters. The topological polar surface area (TPSA) is 97.3 Å². The van der Waals surface area contributed by atoms with Crippen LogP contribution in [0.5, 0.6) is 0 Å². The molecule has 0 unspecified atom stereocenters. The van der Waals surface area contributed by atoms with Crippen molar-refractivity contribution in [2.24, 2.45) is 5.73 Å². The van der Waals surface area contributed by atoms with Crippen LogP contribution in [0.25, 0.3) is 0 Å². The number of carbonyl (C=O) groups is 1. The normalized spacial score (nSPS) is 11.3. The molecular formula is C15H19ClF3N5O2. The highest BCUT2D eigenvalue weighted by molar-refractivity contribution is 5.93. The van der Waals surface area contributed by atoms with E-state index in [9.17, 15) is 18.0 Å². The number of hydrogen-bond acceptors (Lipinski definition) is 6. The number of aromatic nitrogens is 2. The van der Waals surface area contributed by atoms with Crippen LogP contribution in [0.3, 0.4) is 0 Å². The Kier molecular flexibility index (Phi) is 8.00. The Hall–Kier alpha value is -2.17. The molecule has 2 rings (SSSR count).